The molecule has 0 unspecified atom stereocenters. The average Bonchev–Trinajstić information content (AvgIpc) is 3.29. The number of hydrogen-bond acceptors (Lipinski definition) is 4. The summed E-state index contributed by atoms with van der Waals surface area (Å²) in [5.41, 5.74) is 5.75. The summed E-state index contributed by atoms with van der Waals surface area (Å²) < 4.78 is 8.87. The molecule has 1 aromatic carbocycles. The van der Waals surface area contributed by atoms with Gasteiger partial charge in [-0.15, -0.1) is 0 Å². The smallest absolute Gasteiger partial charge is 0.271 e. The van der Waals surface area contributed by atoms with Gasteiger partial charge >= 0.3 is 0 Å². The Bertz CT molecular complexity index is 973. The van der Waals surface area contributed by atoms with Crippen LogP contribution in [0.25, 0.3) is 17.1 Å². The summed E-state index contributed by atoms with van der Waals surface area (Å²) in [5, 5.41) is 12.0. The first kappa shape index (κ1) is 17.5. The lowest BCUT2D eigenvalue weighted by molar-refractivity contribution is 0.0942. The van der Waals surface area contributed by atoms with E-state index in [4.69, 9.17) is 4.74 Å². The van der Waals surface area contributed by atoms with E-state index in [0.29, 0.717) is 18.8 Å². The first-order valence-electron chi connectivity index (χ1n) is 9.17. The fourth-order valence-corrected chi connectivity index (χ4v) is 3.45. The maximum atomic E-state index is 12.4. The molecule has 1 N–H and O–H groups in total. The van der Waals surface area contributed by atoms with Gasteiger partial charge in [0.2, 0.25) is 0 Å². The summed E-state index contributed by atoms with van der Waals surface area (Å²) in [5.74, 6) is -0.156. The second-order valence-corrected chi connectivity index (χ2v) is 6.71. The van der Waals surface area contributed by atoms with Gasteiger partial charge in [0, 0.05) is 32.4 Å². The molecule has 4 rings (SSSR count). The van der Waals surface area contributed by atoms with E-state index >= 15 is 0 Å². The molecular weight excluding hydrogens is 342 g/mol. The fraction of sp³-hybridized carbons (Fsp3) is 0.350. The predicted octanol–water partition coefficient (Wildman–Crippen LogP) is 2.37. The molecular formula is C20H23N5O2. The molecule has 0 fully saturated rings. The Morgan fingerprint density at radius 1 is 1.33 bits per heavy atom. The molecule has 2 aromatic heterocycles. The monoisotopic (exact) mass is 365 g/mol. The van der Waals surface area contributed by atoms with E-state index in [1.54, 1.807) is 7.11 Å². The molecule has 7 nitrogen and oxygen atoms in total. The maximum absolute atomic E-state index is 12.4. The second-order valence-electron chi connectivity index (χ2n) is 6.71. The lowest BCUT2D eigenvalue weighted by atomic mass is 10.1. The highest BCUT2D eigenvalue weighted by Crippen LogP contribution is 2.32. The zero-order chi connectivity index (χ0) is 18.8. The number of aromatic nitrogens is 4. The Kier molecular flexibility index (Phi) is 4.77. The molecule has 3 heterocycles. The summed E-state index contributed by atoms with van der Waals surface area (Å²) in [6.45, 7) is 4.02. The third-order valence-electron chi connectivity index (χ3n) is 4.85. The molecule has 0 saturated heterocycles. The molecule has 0 spiro atoms. The molecule has 1 aliphatic rings. The number of hydrogen-bond donors (Lipinski definition) is 1. The van der Waals surface area contributed by atoms with Crippen molar-refractivity contribution in [3.63, 3.8) is 0 Å². The number of rotatable bonds is 6. The van der Waals surface area contributed by atoms with Crippen molar-refractivity contribution in [2.45, 2.75) is 26.3 Å². The Balaban J connectivity index is 1.66. The molecule has 0 bridgehead atoms. The van der Waals surface area contributed by atoms with Crippen molar-refractivity contribution >= 4 is 5.91 Å². The number of aryl methyl sites for hydroxylation is 3. The van der Waals surface area contributed by atoms with Crippen molar-refractivity contribution < 1.29 is 9.53 Å². The zero-order valence-electron chi connectivity index (χ0n) is 15.6. The molecule has 7 heteroatoms. The van der Waals surface area contributed by atoms with Crippen molar-refractivity contribution in [3.05, 3.63) is 53.3 Å². The Labute approximate surface area is 157 Å². The Morgan fingerprint density at radius 2 is 2.19 bits per heavy atom. The van der Waals surface area contributed by atoms with E-state index in [1.165, 1.54) is 5.56 Å². The summed E-state index contributed by atoms with van der Waals surface area (Å²) in [7, 11) is 1.65. The third-order valence-corrected chi connectivity index (χ3v) is 4.85. The van der Waals surface area contributed by atoms with Gasteiger partial charge in [0.15, 0.2) is 5.69 Å². The van der Waals surface area contributed by atoms with Crippen LogP contribution >= 0.6 is 0 Å². The number of amides is 1. The van der Waals surface area contributed by atoms with Crippen LogP contribution < -0.4 is 5.32 Å². The minimum Gasteiger partial charge on any atom is -0.385 e. The molecule has 1 aliphatic heterocycles. The molecule has 3 aromatic rings. The van der Waals surface area contributed by atoms with E-state index < -0.39 is 0 Å². The number of fused-ring (bicyclic) bond motifs is 3. The van der Waals surface area contributed by atoms with Gasteiger partial charge in [0.25, 0.3) is 5.91 Å². The number of nitrogens with zero attached hydrogens (tertiary/aromatic N) is 4. The van der Waals surface area contributed by atoms with Gasteiger partial charge in [-0.05, 0) is 37.5 Å². The molecule has 1 amide bonds. The third kappa shape index (κ3) is 3.26. The van der Waals surface area contributed by atoms with Crippen LogP contribution in [0.3, 0.4) is 0 Å². The number of benzene rings is 1. The number of para-hydroxylation sites is 1. The molecule has 140 valence electrons. The van der Waals surface area contributed by atoms with Crippen molar-refractivity contribution in [3.8, 4) is 17.1 Å². The van der Waals surface area contributed by atoms with Crippen LogP contribution in [0.4, 0.5) is 0 Å². The van der Waals surface area contributed by atoms with Gasteiger partial charge in [-0.25, -0.2) is 4.68 Å². The van der Waals surface area contributed by atoms with Crippen LogP contribution in [-0.2, 0) is 17.7 Å². The number of carbonyl (C=O) groups excluding carboxylic acids is 1. The second kappa shape index (κ2) is 7.36. The van der Waals surface area contributed by atoms with E-state index in [-0.39, 0.29) is 5.91 Å². The first-order valence-corrected chi connectivity index (χ1v) is 9.17. The molecule has 0 aliphatic carbocycles. The maximum Gasteiger partial charge on any atom is 0.271 e. The number of carbonyl (C=O) groups is 1. The SMILES string of the molecule is COCCCNC(=O)c1cc2n(n1)CCc1cnn(-c3ccccc3C)c1-2. The van der Waals surface area contributed by atoms with Crippen molar-refractivity contribution in [2.24, 2.45) is 0 Å². The van der Waals surface area contributed by atoms with Gasteiger partial charge in [-0.2, -0.15) is 10.2 Å². The summed E-state index contributed by atoms with van der Waals surface area (Å²) in [6.07, 6.45) is 3.55. The predicted molar refractivity (Wildman–Crippen MR) is 102 cm³/mol. The highest BCUT2D eigenvalue weighted by molar-refractivity contribution is 5.93. The normalized spacial score (nSPS) is 12.5. The van der Waals surface area contributed by atoms with Crippen molar-refractivity contribution in [1.29, 1.82) is 0 Å². The Hall–Kier alpha value is -2.93. The minimum atomic E-state index is -0.156. The van der Waals surface area contributed by atoms with Crippen LogP contribution in [0.1, 0.15) is 28.0 Å². The van der Waals surface area contributed by atoms with Crippen LogP contribution in [0, 0.1) is 6.92 Å². The van der Waals surface area contributed by atoms with E-state index in [0.717, 1.165) is 42.0 Å². The highest BCUT2D eigenvalue weighted by Gasteiger charge is 2.25. The summed E-state index contributed by atoms with van der Waals surface area (Å²) in [6, 6.07) is 10.0. The highest BCUT2D eigenvalue weighted by atomic mass is 16.5. The largest absolute Gasteiger partial charge is 0.385 e. The topological polar surface area (TPSA) is 74.0 Å². The van der Waals surface area contributed by atoms with Crippen LogP contribution in [-0.4, -0.2) is 45.7 Å². The van der Waals surface area contributed by atoms with Gasteiger partial charge in [0.05, 0.1) is 23.3 Å². The number of ether oxygens (including phenoxy) is 1. The quantitative estimate of drug-likeness (QED) is 0.681. The number of nitrogens with one attached hydrogen (secondary N) is 1. The van der Waals surface area contributed by atoms with Gasteiger partial charge < -0.3 is 10.1 Å². The van der Waals surface area contributed by atoms with Gasteiger partial charge in [0.1, 0.15) is 0 Å². The molecule has 27 heavy (non-hydrogen) atoms. The van der Waals surface area contributed by atoms with Gasteiger partial charge in [-0.3, -0.25) is 9.48 Å². The van der Waals surface area contributed by atoms with Crippen molar-refractivity contribution in [1.82, 2.24) is 24.9 Å². The van der Waals surface area contributed by atoms with E-state index in [9.17, 15) is 4.79 Å². The summed E-state index contributed by atoms with van der Waals surface area (Å²) >= 11 is 0. The molecule has 0 atom stereocenters. The molecule has 0 radical (unpaired) electrons. The molecule has 0 saturated carbocycles. The fourth-order valence-electron chi connectivity index (χ4n) is 3.45. The van der Waals surface area contributed by atoms with E-state index in [1.807, 2.05) is 33.8 Å². The zero-order valence-corrected chi connectivity index (χ0v) is 15.6. The first-order chi connectivity index (χ1) is 13.2. The minimum absolute atomic E-state index is 0.156. The average molecular weight is 365 g/mol. The lowest BCUT2D eigenvalue weighted by Crippen LogP contribution is -2.25. The van der Waals surface area contributed by atoms with Crippen LogP contribution in [0.2, 0.25) is 0 Å². The standard InChI is InChI=1S/C20H23N5O2/c1-14-6-3-4-7-17(14)25-19-15(13-22-25)8-10-24-18(19)12-16(23-24)20(26)21-9-5-11-27-2/h3-4,6-7,12-13H,5,8-11H2,1-2H3,(H,21,26). The van der Waals surface area contributed by atoms with Crippen LogP contribution in [0.15, 0.2) is 36.5 Å². The lowest BCUT2D eigenvalue weighted by Gasteiger charge is -2.17. The summed E-state index contributed by atoms with van der Waals surface area (Å²) in [4.78, 5) is 12.4. The Morgan fingerprint density at radius 3 is 3.00 bits per heavy atom. The van der Waals surface area contributed by atoms with Gasteiger partial charge in [-0.1, -0.05) is 18.2 Å². The number of methoxy groups -OCH3 is 1. The van der Waals surface area contributed by atoms with Crippen molar-refractivity contribution in [2.75, 3.05) is 20.3 Å². The van der Waals surface area contributed by atoms with Crippen LogP contribution in [0.5, 0.6) is 0 Å². The van der Waals surface area contributed by atoms with E-state index in [2.05, 4.69) is 34.6 Å².